The van der Waals surface area contributed by atoms with E-state index in [1.807, 2.05) is 51.1 Å². The fourth-order valence-corrected chi connectivity index (χ4v) is 4.25. The molecule has 7 heteroatoms. The molecule has 0 aromatic heterocycles. The number of hydrogen-bond acceptors (Lipinski definition) is 3. The first-order valence-corrected chi connectivity index (χ1v) is 11.6. The highest BCUT2D eigenvalue weighted by atomic mass is 19.4. The molecule has 0 radical (unpaired) electrons. The van der Waals surface area contributed by atoms with E-state index in [9.17, 15) is 23.2 Å². The number of carbonyl (C=O) groups excluding carboxylic acids is 1. The van der Waals surface area contributed by atoms with Gasteiger partial charge in [0.05, 0.1) is 11.6 Å². The number of hydrogen-bond donors (Lipinski definition) is 1. The first kappa shape index (κ1) is 27.3. The number of nitrogens with two attached hydrogens (primary N) is 1. The lowest BCUT2D eigenvalue weighted by atomic mass is 9.97. The summed E-state index contributed by atoms with van der Waals surface area (Å²) in [5.74, 6) is -0.997. The SMILES string of the molecule is C=C/C(CN1C(=O)C(C#N)=C(C(F)(F)F)C=CC1c1cccc(-c2cccc(N)c2)c1)=C(/C)C=C(C)C. The van der Waals surface area contributed by atoms with Crippen molar-refractivity contribution in [3.8, 4) is 17.2 Å². The van der Waals surface area contributed by atoms with Crippen LogP contribution in [-0.2, 0) is 4.79 Å². The highest BCUT2D eigenvalue weighted by molar-refractivity contribution is 6.00. The van der Waals surface area contributed by atoms with Gasteiger partial charge in [0.2, 0.25) is 0 Å². The maximum atomic E-state index is 13.8. The Morgan fingerprint density at radius 3 is 2.35 bits per heavy atom. The molecule has 190 valence electrons. The van der Waals surface area contributed by atoms with Gasteiger partial charge < -0.3 is 10.6 Å². The van der Waals surface area contributed by atoms with Crippen molar-refractivity contribution in [2.75, 3.05) is 12.3 Å². The Balaban J connectivity index is 2.21. The molecule has 37 heavy (non-hydrogen) atoms. The molecule has 0 fully saturated rings. The molecule has 1 aliphatic rings. The lowest BCUT2D eigenvalue weighted by molar-refractivity contribution is -0.128. The molecule has 3 rings (SSSR count). The van der Waals surface area contributed by atoms with Crippen molar-refractivity contribution in [1.29, 1.82) is 5.26 Å². The molecule has 0 aliphatic carbocycles. The summed E-state index contributed by atoms with van der Waals surface area (Å²) in [5.41, 5.74) is 9.01. The zero-order valence-electron chi connectivity index (χ0n) is 20.9. The number of nitriles is 1. The Kier molecular flexibility index (Phi) is 8.24. The van der Waals surface area contributed by atoms with Crippen LogP contribution in [0.2, 0.25) is 0 Å². The van der Waals surface area contributed by atoms with Crippen LogP contribution in [0.15, 0.2) is 107 Å². The lowest BCUT2D eigenvalue weighted by Gasteiger charge is -2.30. The number of nitrogen functional groups attached to an aromatic ring is 1. The largest absolute Gasteiger partial charge is 0.417 e. The number of allylic oxidation sites excluding steroid dienone is 5. The van der Waals surface area contributed by atoms with E-state index in [1.165, 1.54) is 17.0 Å². The quantitative estimate of drug-likeness (QED) is 0.334. The highest BCUT2D eigenvalue weighted by Crippen LogP contribution is 2.37. The summed E-state index contributed by atoms with van der Waals surface area (Å²) in [6.45, 7) is 9.49. The van der Waals surface area contributed by atoms with E-state index < -0.39 is 29.3 Å². The average Bonchev–Trinajstić information content (AvgIpc) is 2.98. The van der Waals surface area contributed by atoms with Crippen molar-refractivity contribution in [1.82, 2.24) is 4.90 Å². The van der Waals surface area contributed by atoms with Crippen molar-refractivity contribution < 1.29 is 18.0 Å². The first-order valence-electron chi connectivity index (χ1n) is 11.6. The predicted octanol–water partition coefficient (Wildman–Crippen LogP) is 7.23. The normalized spacial score (nSPS) is 16.6. The minimum absolute atomic E-state index is 0.0359. The number of nitrogens with zero attached hydrogens (tertiary/aromatic N) is 2. The van der Waals surface area contributed by atoms with Gasteiger partial charge in [0, 0.05) is 12.2 Å². The summed E-state index contributed by atoms with van der Waals surface area (Å²) in [5, 5.41) is 9.59. The van der Waals surface area contributed by atoms with Crippen LogP contribution in [0.4, 0.5) is 18.9 Å². The molecule has 1 unspecified atom stereocenters. The third kappa shape index (κ3) is 6.28. The first-order chi connectivity index (χ1) is 17.5. The molecule has 2 aromatic rings. The maximum Gasteiger partial charge on any atom is 0.417 e. The van der Waals surface area contributed by atoms with Crippen LogP contribution in [0.3, 0.4) is 0 Å². The van der Waals surface area contributed by atoms with Crippen LogP contribution in [0, 0.1) is 11.3 Å². The van der Waals surface area contributed by atoms with Crippen molar-refractivity contribution in [2.45, 2.75) is 33.0 Å². The minimum atomic E-state index is -4.86. The number of carbonyl (C=O) groups is 1. The van der Waals surface area contributed by atoms with Gasteiger partial charge in [0.25, 0.3) is 5.91 Å². The Hall–Kier alpha value is -4.31. The molecular weight excluding hydrogens is 475 g/mol. The molecule has 4 nitrogen and oxygen atoms in total. The summed E-state index contributed by atoms with van der Waals surface area (Å²) in [4.78, 5) is 14.8. The zero-order chi connectivity index (χ0) is 27.3. The fourth-order valence-electron chi connectivity index (χ4n) is 4.25. The van der Waals surface area contributed by atoms with E-state index in [0.717, 1.165) is 28.3 Å². The van der Waals surface area contributed by atoms with Gasteiger partial charge in [0.1, 0.15) is 11.6 Å². The van der Waals surface area contributed by atoms with Gasteiger partial charge in [-0.15, -0.1) is 0 Å². The van der Waals surface area contributed by atoms with Crippen LogP contribution in [-0.4, -0.2) is 23.5 Å². The topological polar surface area (TPSA) is 70.1 Å². The smallest absolute Gasteiger partial charge is 0.399 e. The van der Waals surface area contributed by atoms with E-state index in [-0.39, 0.29) is 6.54 Å². The Morgan fingerprint density at radius 1 is 1.14 bits per heavy atom. The summed E-state index contributed by atoms with van der Waals surface area (Å²) in [6, 6.07) is 15.1. The second-order valence-corrected chi connectivity index (χ2v) is 9.02. The van der Waals surface area contributed by atoms with Crippen molar-refractivity contribution in [2.24, 2.45) is 0 Å². The van der Waals surface area contributed by atoms with E-state index in [4.69, 9.17) is 5.73 Å². The predicted molar refractivity (Wildman–Crippen MR) is 141 cm³/mol. The summed E-state index contributed by atoms with van der Waals surface area (Å²) in [6.07, 6.45) is 0.773. The standard InChI is InChI=1S/C30H28F3N3O/c1-5-21(20(4)14-19(2)3)18-36-28(13-12-27(30(31,32)33)26(17-34)29(36)37)24-10-6-8-22(15-24)23-9-7-11-25(35)16-23/h5-16,28H,1,18,35H2,2-4H3/b21-20+. The lowest BCUT2D eigenvalue weighted by Crippen LogP contribution is -2.36. The Bertz CT molecular complexity index is 1380. The average molecular weight is 504 g/mol. The third-order valence-electron chi connectivity index (χ3n) is 5.99. The number of halogens is 3. The third-order valence-corrected chi connectivity index (χ3v) is 5.99. The number of alkyl halides is 3. The molecule has 1 amide bonds. The van der Waals surface area contributed by atoms with Crippen molar-refractivity contribution >= 4 is 11.6 Å². The van der Waals surface area contributed by atoms with Gasteiger partial charge in [-0.3, -0.25) is 4.79 Å². The molecule has 0 saturated heterocycles. The van der Waals surface area contributed by atoms with Crippen molar-refractivity contribution in [3.05, 3.63) is 113 Å². The summed E-state index contributed by atoms with van der Waals surface area (Å²) >= 11 is 0. The highest BCUT2D eigenvalue weighted by Gasteiger charge is 2.41. The van der Waals surface area contributed by atoms with Gasteiger partial charge in [-0.25, -0.2) is 0 Å². The van der Waals surface area contributed by atoms with E-state index in [1.54, 1.807) is 30.3 Å². The van der Waals surface area contributed by atoms with Gasteiger partial charge in [0.15, 0.2) is 0 Å². The molecule has 0 spiro atoms. The number of benzene rings is 2. The number of amides is 1. The molecule has 0 bridgehead atoms. The molecule has 2 aromatic carbocycles. The monoisotopic (exact) mass is 503 g/mol. The maximum absolute atomic E-state index is 13.8. The van der Waals surface area contributed by atoms with Crippen LogP contribution in [0.1, 0.15) is 32.4 Å². The molecule has 1 heterocycles. The molecule has 1 aliphatic heterocycles. The number of rotatable bonds is 6. The van der Waals surface area contributed by atoms with Gasteiger partial charge in [-0.1, -0.05) is 66.8 Å². The van der Waals surface area contributed by atoms with E-state index >= 15 is 0 Å². The van der Waals surface area contributed by atoms with Crippen LogP contribution < -0.4 is 5.73 Å². The fraction of sp³-hybridized carbons (Fsp3) is 0.200. The Labute approximate surface area is 215 Å². The summed E-state index contributed by atoms with van der Waals surface area (Å²) in [7, 11) is 0. The van der Waals surface area contributed by atoms with Gasteiger partial charge in [-0.2, -0.15) is 18.4 Å². The van der Waals surface area contributed by atoms with Crippen LogP contribution >= 0.6 is 0 Å². The second-order valence-electron chi connectivity index (χ2n) is 9.02. The zero-order valence-corrected chi connectivity index (χ0v) is 20.9. The van der Waals surface area contributed by atoms with E-state index in [2.05, 4.69) is 6.58 Å². The molecular formula is C30H28F3N3O. The molecule has 2 N–H and O–H groups in total. The molecule has 0 saturated carbocycles. The van der Waals surface area contributed by atoms with Crippen LogP contribution in [0.25, 0.3) is 11.1 Å². The number of anilines is 1. The Morgan fingerprint density at radius 2 is 1.78 bits per heavy atom. The molecule has 1 atom stereocenters. The summed E-state index contributed by atoms with van der Waals surface area (Å²) < 4.78 is 41.5. The minimum Gasteiger partial charge on any atom is -0.399 e. The van der Waals surface area contributed by atoms with Crippen LogP contribution in [0.5, 0.6) is 0 Å². The van der Waals surface area contributed by atoms with Crippen molar-refractivity contribution in [3.63, 3.8) is 0 Å². The van der Waals surface area contributed by atoms with E-state index in [0.29, 0.717) is 16.8 Å². The second kappa shape index (κ2) is 11.2. The van der Waals surface area contributed by atoms with Gasteiger partial charge in [-0.05, 0) is 66.8 Å². The van der Waals surface area contributed by atoms with Gasteiger partial charge >= 0.3 is 6.18 Å².